The fraction of sp³-hybridized carbons (Fsp3) is 1.00. The van der Waals surface area contributed by atoms with Crippen LogP contribution in [0.5, 0.6) is 0 Å². The van der Waals surface area contributed by atoms with Crippen molar-refractivity contribution in [3.05, 3.63) is 0 Å². The molecular formula is C9H19NO2. The van der Waals surface area contributed by atoms with Crippen LogP contribution < -0.4 is 5.32 Å². The van der Waals surface area contributed by atoms with E-state index in [9.17, 15) is 0 Å². The maximum absolute atomic E-state index is 9.03. The molecule has 2 N–H and O–H groups in total. The fourth-order valence-electron chi connectivity index (χ4n) is 1.79. The third-order valence-electron chi connectivity index (χ3n) is 2.28. The largest absolute Gasteiger partial charge is 0.394 e. The molecular weight excluding hydrogens is 154 g/mol. The molecule has 0 aromatic heterocycles. The predicted octanol–water partition coefficient (Wildman–Crippen LogP) is 0.524. The minimum absolute atomic E-state index is 0.00910. The molecule has 1 rings (SSSR count). The fourth-order valence-corrected chi connectivity index (χ4v) is 1.79. The van der Waals surface area contributed by atoms with E-state index >= 15 is 0 Å². The summed E-state index contributed by atoms with van der Waals surface area (Å²) >= 11 is 0. The lowest BCUT2D eigenvalue weighted by Gasteiger charge is -2.47. The number of ether oxygens (including phenoxy) is 1. The van der Waals surface area contributed by atoms with E-state index in [0.29, 0.717) is 6.61 Å². The minimum Gasteiger partial charge on any atom is -0.394 e. The van der Waals surface area contributed by atoms with Gasteiger partial charge in [-0.3, -0.25) is 0 Å². The molecule has 0 aliphatic carbocycles. The van der Waals surface area contributed by atoms with Gasteiger partial charge in [-0.1, -0.05) is 0 Å². The molecule has 1 fully saturated rings. The molecule has 0 aromatic rings. The average Bonchev–Trinajstić information content (AvgIpc) is 1.83. The second-order valence-electron chi connectivity index (χ2n) is 4.71. The van der Waals surface area contributed by atoms with Gasteiger partial charge in [-0.25, -0.2) is 0 Å². The molecule has 1 unspecified atom stereocenters. The van der Waals surface area contributed by atoms with Crippen LogP contribution in [0.2, 0.25) is 0 Å². The molecule has 1 heterocycles. The highest BCUT2D eigenvalue weighted by molar-refractivity contribution is 4.97. The second-order valence-corrected chi connectivity index (χ2v) is 4.71. The van der Waals surface area contributed by atoms with Crippen LogP contribution >= 0.6 is 0 Å². The van der Waals surface area contributed by atoms with E-state index in [1.165, 1.54) is 0 Å². The summed E-state index contributed by atoms with van der Waals surface area (Å²) < 4.78 is 5.55. The van der Waals surface area contributed by atoms with Crippen molar-refractivity contribution in [3.63, 3.8) is 0 Å². The summed E-state index contributed by atoms with van der Waals surface area (Å²) in [5.74, 6) is 0. The van der Waals surface area contributed by atoms with E-state index in [1.807, 2.05) is 0 Å². The van der Waals surface area contributed by atoms with Crippen molar-refractivity contribution in [2.45, 2.75) is 44.9 Å². The monoisotopic (exact) mass is 173 g/mol. The summed E-state index contributed by atoms with van der Waals surface area (Å²) in [5.41, 5.74) is -0.133. The van der Waals surface area contributed by atoms with Crippen molar-refractivity contribution in [2.75, 3.05) is 13.2 Å². The molecule has 1 aliphatic heterocycles. The third kappa shape index (κ3) is 1.97. The van der Waals surface area contributed by atoms with Gasteiger partial charge in [0.2, 0.25) is 0 Å². The van der Waals surface area contributed by atoms with E-state index in [2.05, 4.69) is 33.0 Å². The topological polar surface area (TPSA) is 41.5 Å². The van der Waals surface area contributed by atoms with Crippen molar-refractivity contribution in [3.8, 4) is 0 Å². The van der Waals surface area contributed by atoms with Crippen molar-refractivity contribution in [1.29, 1.82) is 0 Å². The molecule has 0 amide bonds. The lowest BCUT2D eigenvalue weighted by molar-refractivity contribution is -0.103. The lowest BCUT2D eigenvalue weighted by atomic mass is 9.90. The number of aliphatic hydroxyl groups is 1. The van der Waals surface area contributed by atoms with Crippen LogP contribution in [0.1, 0.15) is 27.7 Å². The Hall–Kier alpha value is -0.120. The molecule has 3 nitrogen and oxygen atoms in total. The van der Waals surface area contributed by atoms with Gasteiger partial charge < -0.3 is 15.2 Å². The smallest absolute Gasteiger partial charge is 0.0982 e. The van der Waals surface area contributed by atoms with Gasteiger partial charge in [0.1, 0.15) is 0 Å². The number of morpholine rings is 1. The normalized spacial score (nSPS) is 33.2. The van der Waals surface area contributed by atoms with Gasteiger partial charge in [-0.15, -0.1) is 0 Å². The van der Waals surface area contributed by atoms with Crippen LogP contribution in [0, 0.1) is 0 Å². The van der Waals surface area contributed by atoms with Crippen LogP contribution in [0.4, 0.5) is 0 Å². The third-order valence-corrected chi connectivity index (χ3v) is 2.28. The van der Waals surface area contributed by atoms with Gasteiger partial charge in [0.05, 0.1) is 19.3 Å². The van der Waals surface area contributed by atoms with E-state index in [1.54, 1.807) is 0 Å². The predicted molar refractivity (Wildman–Crippen MR) is 48.1 cm³/mol. The Kier molecular flexibility index (Phi) is 2.47. The molecule has 0 saturated carbocycles. The first-order chi connectivity index (χ1) is 5.37. The molecule has 0 aromatic carbocycles. The summed E-state index contributed by atoms with van der Waals surface area (Å²) in [6, 6.07) is 0. The van der Waals surface area contributed by atoms with Gasteiger partial charge in [0, 0.05) is 11.1 Å². The summed E-state index contributed by atoms with van der Waals surface area (Å²) in [7, 11) is 0. The zero-order chi connectivity index (χ0) is 9.41. The SMILES string of the molecule is CC1(C)COC(CO)C(C)(C)N1. The van der Waals surface area contributed by atoms with Crippen LogP contribution in [0.25, 0.3) is 0 Å². The van der Waals surface area contributed by atoms with E-state index in [-0.39, 0.29) is 23.8 Å². The van der Waals surface area contributed by atoms with Crippen LogP contribution in [0.15, 0.2) is 0 Å². The first-order valence-electron chi connectivity index (χ1n) is 4.39. The Morgan fingerprint density at radius 1 is 1.42 bits per heavy atom. The average molecular weight is 173 g/mol. The summed E-state index contributed by atoms with van der Waals surface area (Å²) in [4.78, 5) is 0. The highest BCUT2D eigenvalue weighted by Crippen LogP contribution is 2.23. The van der Waals surface area contributed by atoms with Gasteiger partial charge in [0.25, 0.3) is 0 Å². The molecule has 0 bridgehead atoms. The Morgan fingerprint density at radius 2 is 2.00 bits per heavy atom. The van der Waals surface area contributed by atoms with Gasteiger partial charge in [0.15, 0.2) is 0 Å². The maximum atomic E-state index is 9.03. The highest BCUT2D eigenvalue weighted by Gasteiger charge is 2.40. The van der Waals surface area contributed by atoms with Crippen molar-refractivity contribution in [2.24, 2.45) is 0 Å². The highest BCUT2D eigenvalue weighted by atomic mass is 16.5. The number of rotatable bonds is 1. The Morgan fingerprint density at radius 3 is 2.42 bits per heavy atom. The Balaban J connectivity index is 2.67. The van der Waals surface area contributed by atoms with Crippen LogP contribution in [-0.2, 0) is 4.74 Å². The molecule has 3 heteroatoms. The van der Waals surface area contributed by atoms with E-state index in [0.717, 1.165) is 0 Å². The van der Waals surface area contributed by atoms with Crippen molar-refractivity contribution >= 4 is 0 Å². The number of aliphatic hydroxyl groups excluding tert-OH is 1. The molecule has 72 valence electrons. The van der Waals surface area contributed by atoms with E-state index < -0.39 is 0 Å². The quantitative estimate of drug-likeness (QED) is 0.607. The Labute approximate surface area is 74.1 Å². The van der Waals surface area contributed by atoms with Crippen LogP contribution in [-0.4, -0.2) is 35.5 Å². The second kappa shape index (κ2) is 2.98. The first-order valence-corrected chi connectivity index (χ1v) is 4.39. The maximum Gasteiger partial charge on any atom is 0.0982 e. The van der Waals surface area contributed by atoms with Gasteiger partial charge in [-0.05, 0) is 27.7 Å². The Bertz CT molecular complexity index is 166. The van der Waals surface area contributed by atoms with Crippen LogP contribution in [0.3, 0.4) is 0 Å². The molecule has 12 heavy (non-hydrogen) atoms. The first kappa shape index (κ1) is 9.96. The standard InChI is InChI=1S/C9H19NO2/c1-8(2)6-12-7(5-11)9(3,4)10-8/h7,10-11H,5-6H2,1-4H3. The summed E-state index contributed by atoms with van der Waals surface area (Å²) in [6.07, 6.45) is -0.0921. The molecule has 1 atom stereocenters. The molecule has 0 radical (unpaired) electrons. The zero-order valence-electron chi connectivity index (χ0n) is 8.35. The summed E-state index contributed by atoms with van der Waals surface area (Å²) in [6.45, 7) is 9.03. The van der Waals surface area contributed by atoms with E-state index in [4.69, 9.17) is 9.84 Å². The number of hydrogen-bond donors (Lipinski definition) is 2. The minimum atomic E-state index is -0.142. The molecule has 1 aliphatic rings. The summed E-state index contributed by atoms with van der Waals surface area (Å²) in [5, 5.41) is 12.5. The van der Waals surface area contributed by atoms with Gasteiger partial charge in [-0.2, -0.15) is 0 Å². The van der Waals surface area contributed by atoms with Crippen molar-refractivity contribution < 1.29 is 9.84 Å². The number of hydrogen-bond acceptors (Lipinski definition) is 3. The zero-order valence-corrected chi connectivity index (χ0v) is 8.35. The van der Waals surface area contributed by atoms with Crippen molar-refractivity contribution in [1.82, 2.24) is 5.32 Å². The van der Waals surface area contributed by atoms with Gasteiger partial charge >= 0.3 is 0 Å². The number of nitrogens with one attached hydrogen (secondary N) is 1. The lowest BCUT2D eigenvalue weighted by Crippen LogP contribution is -2.66. The molecule has 1 saturated heterocycles. The molecule has 0 spiro atoms.